The van der Waals surface area contributed by atoms with Gasteiger partial charge in [-0.25, -0.2) is 0 Å². The molecule has 19 heavy (non-hydrogen) atoms. The zero-order valence-electron chi connectivity index (χ0n) is 10.2. The lowest BCUT2D eigenvalue weighted by Gasteiger charge is -2.18. The van der Waals surface area contributed by atoms with Crippen molar-refractivity contribution in [2.24, 2.45) is 5.92 Å². The number of carbonyl (C=O) groups is 3. The summed E-state index contributed by atoms with van der Waals surface area (Å²) < 4.78 is 0. The summed E-state index contributed by atoms with van der Waals surface area (Å²) in [7, 11) is 0. The quantitative estimate of drug-likeness (QED) is 0.643. The largest absolute Gasteiger partial charge is 0.481 e. The molecular formula is C14H13NO4. The number of amides is 2. The van der Waals surface area contributed by atoms with E-state index in [0.717, 1.165) is 4.90 Å². The summed E-state index contributed by atoms with van der Waals surface area (Å²) in [4.78, 5) is 36.2. The van der Waals surface area contributed by atoms with Gasteiger partial charge in [0.05, 0.1) is 17.0 Å². The Balaban J connectivity index is 2.24. The van der Waals surface area contributed by atoms with Gasteiger partial charge in [-0.3, -0.25) is 19.3 Å². The molecule has 98 valence electrons. The van der Waals surface area contributed by atoms with Crippen molar-refractivity contribution in [3.63, 3.8) is 0 Å². The average molecular weight is 259 g/mol. The van der Waals surface area contributed by atoms with E-state index in [4.69, 9.17) is 5.11 Å². The fourth-order valence-corrected chi connectivity index (χ4v) is 2.08. The lowest BCUT2D eigenvalue weighted by molar-refractivity contribution is -0.141. The molecule has 5 heteroatoms. The molecule has 0 aromatic heterocycles. The highest BCUT2D eigenvalue weighted by atomic mass is 16.4. The third-order valence-corrected chi connectivity index (χ3v) is 3.08. The van der Waals surface area contributed by atoms with Gasteiger partial charge in [-0.05, 0) is 18.6 Å². The molecule has 0 radical (unpaired) electrons. The fraction of sp³-hybridized carbons (Fsp3) is 0.214. The van der Waals surface area contributed by atoms with Gasteiger partial charge >= 0.3 is 5.97 Å². The first kappa shape index (κ1) is 13.0. The molecule has 0 saturated carbocycles. The van der Waals surface area contributed by atoms with E-state index in [1.165, 1.54) is 6.08 Å². The van der Waals surface area contributed by atoms with E-state index in [0.29, 0.717) is 11.1 Å². The predicted octanol–water partition coefficient (Wildman–Crippen LogP) is 1.56. The molecule has 1 aliphatic rings. The first-order valence-corrected chi connectivity index (χ1v) is 5.85. The zero-order valence-corrected chi connectivity index (χ0v) is 10.2. The van der Waals surface area contributed by atoms with Gasteiger partial charge in [-0.15, -0.1) is 6.58 Å². The van der Waals surface area contributed by atoms with E-state index in [9.17, 15) is 14.4 Å². The number of carboxylic acids is 1. The Morgan fingerprint density at radius 1 is 1.26 bits per heavy atom. The smallest absolute Gasteiger partial charge is 0.308 e. The number of carboxylic acid groups (broad SMARTS) is 1. The van der Waals surface area contributed by atoms with Gasteiger partial charge in [-0.2, -0.15) is 0 Å². The summed E-state index contributed by atoms with van der Waals surface area (Å²) in [6, 6.07) is 6.48. The number of rotatable bonds is 5. The van der Waals surface area contributed by atoms with E-state index in [1.807, 2.05) is 0 Å². The van der Waals surface area contributed by atoms with E-state index >= 15 is 0 Å². The van der Waals surface area contributed by atoms with Crippen LogP contribution in [0.15, 0.2) is 36.9 Å². The Bertz CT molecular complexity index is 529. The third-order valence-electron chi connectivity index (χ3n) is 3.08. The van der Waals surface area contributed by atoms with Crippen molar-refractivity contribution in [1.82, 2.24) is 4.90 Å². The number of carbonyl (C=O) groups excluding carboxylic acids is 2. The summed E-state index contributed by atoms with van der Waals surface area (Å²) in [6.45, 7) is 3.35. The summed E-state index contributed by atoms with van der Waals surface area (Å²) in [5.74, 6) is -2.73. The number of nitrogens with zero attached hydrogens (tertiary/aromatic N) is 1. The van der Waals surface area contributed by atoms with Gasteiger partial charge in [0.1, 0.15) is 0 Å². The Hall–Kier alpha value is -2.43. The second kappa shape index (κ2) is 5.06. The molecule has 1 aliphatic heterocycles. The number of allylic oxidation sites excluding steroid dienone is 1. The molecule has 5 nitrogen and oxygen atoms in total. The molecule has 2 rings (SSSR count). The van der Waals surface area contributed by atoms with Crippen LogP contribution < -0.4 is 0 Å². The highest BCUT2D eigenvalue weighted by molar-refractivity contribution is 6.21. The number of benzene rings is 1. The van der Waals surface area contributed by atoms with Crippen LogP contribution in [0.2, 0.25) is 0 Å². The molecule has 0 spiro atoms. The van der Waals surface area contributed by atoms with Crippen molar-refractivity contribution in [3.8, 4) is 0 Å². The van der Waals surface area contributed by atoms with E-state index in [-0.39, 0.29) is 13.0 Å². The standard InChI is InChI=1S/C14H13NO4/c1-2-5-9(14(18)19)8-15-12(16)10-6-3-4-7-11(10)13(15)17/h2-4,6-7,9H,1,5,8H2,(H,18,19)/t9-/m1/s1. The van der Waals surface area contributed by atoms with E-state index in [1.54, 1.807) is 24.3 Å². The molecule has 1 N–H and O–H groups in total. The molecular weight excluding hydrogens is 246 g/mol. The van der Waals surface area contributed by atoms with Gasteiger partial charge in [0.15, 0.2) is 0 Å². The molecule has 1 atom stereocenters. The number of imide groups is 1. The van der Waals surface area contributed by atoms with Crippen LogP contribution in [0.3, 0.4) is 0 Å². The monoisotopic (exact) mass is 259 g/mol. The Kier molecular flexibility index (Phi) is 3.46. The highest BCUT2D eigenvalue weighted by Gasteiger charge is 2.37. The Labute approximate surface area is 110 Å². The maximum Gasteiger partial charge on any atom is 0.308 e. The van der Waals surface area contributed by atoms with Crippen molar-refractivity contribution in [2.45, 2.75) is 6.42 Å². The van der Waals surface area contributed by atoms with Crippen molar-refractivity contribution in [3.05, 3.63) is 48.0 Å². The SMILES string of the molecule is C=CC[C@H](CN1C(=O)c2ccccc2C1=O)C(=O)O. The fourth-order valence-electron chi connectivity index (χ4n) is 2.08. The molecule has 0 bridgehead atoms. The minimum Gasteiger partial charge on any atom is -0.481 e. The molecule has 0 unspecified atom stereocenters. The number of hydrogen-bond acceptors (Lipinski definition) is 3. The molecule has 2 amide bonds. The van der Waals surface area contributed by atoms with Crippen molar-refractivity contribution < 1.29 is 19.5 Å². The summed E-state index contributed by atoms with van der Waals surface area (Å²) in [5, 5.41) is 9.06. The number of fused-ring (bicyclic) bond motifs is 1. The Morgan fingerprint density at radius 3 is 2.21 bits per heavy atom. The maximum atomic E-state index is 12.1. The normalized spacial score (nSPS) is 15.3. The first-order valence-electron chi connectivity index (χ1n) is 5.85. The van der Waals surface area contributed by atoms with Crippen LogP contribution in [0.4, 0.5) is 0 Å². The lowest BCUT2D eigenvalue weighted by Crippen LogP contribution is -2.37. The van der Waals surface area contributed by atoms with Crippen molar-refractivity contribution >= 4 is 17.8 Å². The minimum absolute atomic E-state index is 0.131. The van der Waals surface area contributed by atoms with Crippen LogP contribution in [0.5, 0.6) is 0 Å². The van der Waals surface area contributed by atoms with Gasteiger partial charge in [-0.1, -0.05) is 18.2 Å². The van der Waals surface area contributed by atoms with Crippen LogP contribution in [0.1, 0.15) is 27.1 Å². The number of aliphatic carboxylic acids is 1. The second-order valence-corrected chi connectivity index (χ2v) is 4.33. The highest BCUT2D eigenvalue weighted by Crippen LogP contribution is 2.24. The van der Waals surface area contributed by atoms with Gasteiger partial charge in [0.2, 0.25) is 0 Å². The summed E-state index contributed by atoms with van der Waals surface area (Å²) in [6.07, 6.45) is 1.68. The Morgan fingerprint density at radius 2 is 1.79 bits per heavy atom. The molecule has 1 heterocycles. The molecule has 0 saturated heterocycles. The topological polar surface area (TPSA) is 74.7 Å². The van der Waals surface area contributed by atoms with Crippen molar-refractivity contribution in [2.75, 3.05) is 6.54 Å². The average Bonchev–Trinajstić information content (AvgIpc) is 2.63. The van der Waals surface area contributed by atoms with Gasteiger partial charge < -0.3 is 5.11 Å². The first-order chi connectivity index (χ1) is 9.06. The number of hydrogen-bond donors (Lipinski definition) is 1. The third kappa shape index (κ3) is 2.27. The van der Waals surface area contributed by atoms with E-state index < -0.39 is 23.7 Å². The maximum absolute atomic E-state index is 12.1. The van der Waals surface area contributed by atoms with Crippen LogP contribution in [0.25, 0.3) is 0 Å². The van der Waals surface area contributed by atoms with Gasteiger partial charge in [0.25, 0.3) is 11.8 Å². The molecule has 1 aromatic carbocycles. The van der Waals surface area contributed by atoms with E-state index in [2.05, 4.69) is 6.58 Å². The summed E-state index contributed by atoms with van der Waals surface area (Å²) in [5.41, 5.74) is 0.658. The zero-order chi connectivity index (χ0) is 14.0. The van der Waals surface area contributed by atoms with Crippen LogP contribution in [-0.4, -0.2) is 34.3 Å². The molecule has 1 aromatic rings. The molecule has 0 aliphatic carbocycles. The predicted molar refractivity (Wildman–Crippen MR) is 67.7 cm³/mol. The second-order valence-electron chi connectivity index (χ2n) is 4.33. The van der Waals surface area contributed by atoms with Crippen LogP contribution in [0, 0.1) is 5.92 Å². The summed E-state index contributed by atoms with van der Waals surface area (Å²) >= 11 is 0. The van der Waals surface area contributed by atoms with Crippen molar-refractivity contribution in [1.29, 1.82) is 0 Å². The molecule has 0 fully saturated rings. The minimum atomic E-state index is -1.04. The van der Waals surface area contributed by atoms with Gasteiger partial charge in [0, 0.05) is 6.54 Å². The lowest BCUT2D eigenvalue weighted by atomic mass is 10.1. The van der Waals surface area contributed by atoms with Crippen LogP contribution >= 0.6 is 0 Å². The van der Waals surface area contributed by atoms with Crippen LogP contribution in [-0.2, 0) is 4.79 Å².